The van der Waals surface area contributed by atoms with Gasteiger partial charge < -0.3 is 14.2 Å². The van der Waals surface area contributed by atoms with E-state index < -0.39 is 34.5 Å². The molecule has 1 aromatic carbocycles. The molecule has 2 heterocycles. The average molecular weight is 364 g/mol. The van der Waals surface area contributed by atoms with Crippen LogP contribution in [0.25, 0.3) is 0 Å². The fourth-order valence-electron chi connectivity index (χ4n) is 4.35. The quantitative estimate of drug-likeness (QED) is 0.879. The van der Waals surface area contributed by atoms with Gasteiger partial charge in [0.05, 0.1) is 37.3 Å². The molecule has 0 saturated carbocycles. The molecule has 0 spiro atoms. The van der Waals surface area contributed by atoms with Gasteiger partial charge in [0.25, 0.3) is 0 Å². The summed E-state index contributed by atoms with van der Waals surface area (Å²) in [6.07, 6.45) is -0.909. The van der Waals surface area contributed by atoms with Gasteiger partial charge in [-0.15, -0.1) is 0 Å². The maximum absolute atomic E-state index is 10.1. The molecule has 0 aliphatic carbocycles. The van der Waals surface area contributed by atoms with Crippen molar-refractivity contribution in [2.45, 2.75) is 32.7 Å². The maximum Gasteiger partial charge on any atom is 0.243 e. The number of nitriles is 3. The molecule has 0 aromatic heterocycles. The fraction of sp³-hybridized carbons (Fsp3) is 0.500. The maximum atomic E-state index is 10.1. The second kappa shape index (κ2) is 5.98. The summed E-state index contributed by atoms with van der Waals surface area (Å²) in [6, 6.07) is 13.1. The predicted octanol–water partition coefficient (Wildman–Crippen LogP) is 3.09. The van der Waals surface area contributed by atoms with E-state index in [2.05, 4.69) is 6.07 Å². The molecule has 2 saturated heterocycles. The topological polar surface area (TPSA) is 123 Å². The first-order valence-corrected chi connectivity index (χ1v) is 8.63. The van der Waals surface area contributed by atoms with Gasteiger partial charge in [-0.3, -0.25) is 5.41 Å². The number of ether oxygens (including phenoxy) is 3. The number of hydrogen-bond acceptors (Lipinski definition) is 7. The van der Waals surface area contributed by atoms with Crippen molar-refractivity contribution in [1.82, 2.24) is 0 Å². The normalized spacial score (nSPS) is 33.5. The molecule has 2 bridgehead atoms. The summed E-state index contributed by atoms with van der Waals surface area (Å²) in [5.41, 5.74) is -2.98. The van der Waals surface area contributed by atoms with Crippen LogP contribution in [-0.2, 0) is 15.3 Å². The van der Waals surface area contributed by atoms with Gasteiger partial charge in [0, 0.05) is 5.56 Å². The van der Waals surface area contributed by atoms with Gasteiger partial charge in [-0.25, -0.2) is 0 Å². The van der Waals surface area contributed by atoms with Crippen LogP contribution in [0.15, 0.2) is 24.3 Å². The first-order valence-electron chi connectivity index (χ1n) is 8.63. The second-order valence-electron chi connectivity index (χ2n) is 7.28. The summed E-state index contributed by atoms with van der Waals surface area (Å²) < 4.78 is 17.4. The van der Waals surface area contributed by atoms with Gasteiger partial charge in [-0.1, -0.05) is 20.8 Å². The zero-order valence-electron chi connectivity index (χ0n) is 15.6. The van der Waals surface area contributed by atoms with E-state index in [1.165, 1.54) is 0 Å². The van der Waals surface area contributed by atoms with Crippen LogP contribution in [0.1, 0.15) is 26.3 Å². The lowest BCUT2D eigenvalue weighted by atomic mass is 9.53. The molecule has 4 atom stereocenters. The third kappa shape index (κ3) is 1.99. The van der Waals surface area contributed by atoms with Gasteiger partial charge in [0.15, 0.2) is 10.8 Å². The van der Waals surface area contributed by atoms with E-state index in [0.29, 0.717) is 11.3 Å². The fourth-order valence-corrected chi connectivity index (χ4v) is 4.35. The molecule has 2 fully saturated rings. The zero-order valence-corrected chi connectivity index (χ0v) is 15.6. The standard InChI is InChI=1S/C20H20N4O3/c1-12(2)16-18(9-21,10-22)19(11-23)13(3)20(26-16,27-17(19)24)14-5-7-15(25-4)8-6-14/h5-8,12-13,16,24H,1-4H3. The number of benzene rings is 1. The van der Waals surface area contributed by atoms with Crippen LogP contribution >= 0.6 is 0 Å². The van der Waals surface area contributed by atoms with Crippen molar-refractivity contribution < 1.29 is 14.2 Å². The molecule has 2 aliphatic heterocycles. The van der Waals surface area contributed by atoms with Crippen molar-refractivity contribution in [2.75, 3.05) is 7.11 Å². The monoisotopic (exact) mass is 364 g/mol. The summed E-state index contributed by atoms with van der Waals surface area (Å²) in [7, 11) is 1.55. The van der Waals surface area contributed by atoms with Crippen molar-refractivity contribution in [3.8, 4) is 24.0 Å². The highest BCUT2D eigenvalue weighted by atomic mass is 16.7. The number of rotatable bonds is 3. The summed E-state index contributed by atoms with van der Waals surface area (Å²) in [6.45, 7) is 5.33. The van der Waals surface area contributed by atoms with E-state index in [9.17, 15) is 15.8 Å². The minimum absolute atomic E-state index is 0.253. The minimum atomic E-state index is -1.85. The van der Waals surface area contributed by atoms with Gasteiger partial charge in [-0.2, -0.15) is 15.8 Å². The smallest absolute Gasteiger partial charge is 0.243 e. The molecule has 0 amide bonds. The molecule has 3 rings (SSSR count). The molecule has 1 aromatic rings. The molecule has 138 valence electrons. The Morgan fingerprint density at radius 1 is 1.11 bits per heavy atom. The average Bonchev–Trinajstić information content (AvgIpc) is 2.84. The first-order chi connectivity index (χ1) is 12.8. The number of nitrogens with zero attached hydrogens (tertiary/aromatic N) is 3. The Morgan fingerprint density at radius 2 is 1.70 bits per heavy atom. The molecular weight excluding hydrogens is 344 g/mol. The van der Waals surface area contributed by atoms with Crippen LogP contribution in [0.2, 0.25) is 0 Å². The highest BCUT2D eigenvalue weighted by Crippen LogP contribution is 2.66. The largest absolute Gasteiger partial charge is 0.497 e. The summed E-state index contributed by atoms with van der Waals surface area (Å²) in [5, 5.41) is 38.5. The van der Waals surface area contributed by atoms with Crippen molar-refractivity contribution in [3.63, 3.8) is 0 Å². The Balaban J connectivity index is 2.29. The molecule has 2 aliphatic rings. The van der Waals surface area contributed by atoms with Crippen LogP contribution in [0.4, 0.5) is 0 Å². The zero-order chi connectivity index (χ0) is 20.0. The number of nitrogens with one attached hydrogen (secondary N) is 1. The highest BCUT2D eigenvalue weighted by molar-refractivity contribution is 5.89. The Hall–Kier alpha value is -3.08. The van der Waals surface area contributed by atoms with Crippen molar-refractivity contribution >= 4 is 5.90 Å². The van der Waals surface area contributed by atoms with E-state index in [-0.39, 0.29) is 5.92 Å². The lowest BCUT2D eigenvalue weighted by molar-refractivity contribution is -0.294. The Bertz CT molecular complexity index is 891. The van der Waals surface area contributed by atoms with E-state index in [4.69, 9.17) is 19.6 Å². The van der Waals surface area contributed by atoms with Crippen molar-refractivity contribution in [1.29, 1.82) is 21.2 Å². The third-order valence-corrected chi connectivity index (χ3v) is 5.81. The van der Waals surface area contributed by atoms with Gasteiger partial charge >= 0.3 is 0 Å². The molecule has 0 radical (unpaired) electrons. The Kier molecular flexibility index (Phi) is 4.14. The van der Waals surface area contributed by atoms with E-state index in [0.717, 1.165) is 0 Å². The summed E-state index contributed by atoms with van der Waals surface area (Å²) in [5.74, 6) is -2.19. The Morgan fingerprint density at radius 3 is 2.15 bits per heavy atom. The summed E-state index contributed by atoms with van der Waals surface area (Å²) in [4.78, 5) is 0. The van der Waals surface area contributed by atoms with Crippen LogP contribution in [0, 0.1) is 62.1 Å². The lowest BCUT2D eigenvalue weighted by Crippen LogP contribution is -2.62. The van der Waals surface area contributed by atoms with Gasteiger partial charge in [0.1, 0.15) is 5.75 Å². The van der Waals surface area contributed by atoms with E-state index in [1.807, 2.05) is 26.0 Å². The molecule has 4 unspecified atom stereocenters. The van der Waals surface area contributed by atoms with E-state index >= 15 is 0 Å². The first kappa shape index (κ1) is 18.7. The minimum Gasteiger partial charge on any atom is -0.497 e. The van der Waals surface area contributed by atoms with Crippen molar-refractivity contribution in [2.24, 2.45) is 22.7 Å². The van der Waals surface area contributed by atoms with E-state index in [1.54, 1.807) is 38.3 Å². The molecule has 7 heteroatoms. The van der Waals surface area contributed by atoms with Crippen LogP contribution in [-0.4, -0.2) is 19.1 Å². The molecule has 7 nitrogen and oxygen atoms in total. The highest BCUT2D eigenvalue weighted by Gasteiger charge is 2.79. The molecule has 27 heavy (non-hydrogen) atoms. The second-order valence-corrected chi connectivity index (χ2v) is 7.28. The van der Waals surface area contributed by atoms with Gasteiger partial charge in [0.2, 0.25) is 11.7 Å². The third-order valence-electron chi connectivity index (χ3n) is 5.81. The van der Waals surface area contributed by atoms with Crippen LogP contribution in [0.3, 0.4) is 0 Å². The SMILES string of the molecule is COc1ccc(C23OC(=N)C(C#N)(C2C)C(C#N)(C#N)C(C(C)C)O3)cc1. The molecule has 1 N–H and O–H groups in total. The summed E-state index contributed by atoms with van der Waals surface area (Å²) >= 11 is 0. The number of hydrogen-bond donors (Lipinski definition) is 1. The molecular formula is C20H20N4O3. The number of methoxy groups -OCH3 is 1. The Labute approximate surface area is 158 Å². The van der Waals surface area contributed by atoms with Crippen LogP contribution < -0.4 is 4.74 Å². The number of fused-ring (bicyclic) bond motifs is 2. The van der Waals surface area contributed by atoms with Crippen molar-refractivity contribution in [3.05, 3.63) is 29.8 Å². The van der Waals surface area contributed by atoms with Gasteiger partial charge in [-0.05, 0) is 30.2 Å². The predicted molar refractivity (Wildman–Crippen MR) is 94.1 cm³/mol. The van der Waals surface area contributed by atoms with Crippen LogP contribution in [0.5, 0.6) is 5.75 Å². The lowest BCUT2D eigenvalue weighted by Gasteiger charge is -2.50.